The first-order valence-corrected chi connectivity index (χ1v) is 13.8. The third kappa shape index (κ3) is 4.79. The van der Waals surface area contributed by atoms with Gasteiger partial charge in [-0.15, -0.1) is 0 Å². The first-order valence-electron chi connectivity index (χ1n) is 13.5. The molecular weight excluding hydrogens is 535 g/mol. The molecule has 10 heteroatoms. The lowest BCUT2D eigenvalue weighted by Crippen LogP contribution is -2.27. The van der Waals surface area contributed by atoms with Crippen molar-refractivity contribution in [2.45, 2.75) is 71.8 Å². The van der Waals surface area contributed by atoms with Crippen LogP contribution in [-0.4, -0.2) is 43.4 Å². The van der Waals surface area contributed by atoms with Crippen molar-refractivity contribution in [3.63, 3.8) is 0 Å². The Kier molecular flexibility index (Phi) is 7.03. The summed E-state index contributed by atoms with van der Waals surface area (Å²) in [4.78, 5) is 30.5. The number of benzene rings is 1. The molecule has 0 saturated heterocycles. The number of fused-ring (bicyclic) bond motifs is 2. The topological polar surface area (TPSA) is 99.2 Å². The third-order valence-electron chi connectivity index (χ3n) is 7.74. The molecule has 1 fully saturated rings. The SMILES string of the molecule is COC(=O)[C@H]1CC[C@H](c2c(C(C)(C)O)n(-c3ccc(F)c(Cl)c3)c3cc4cnn(C(=O)C(C)(C)C)c4nc32)CC1. The number of carbonyl (C=O) groups excluding carboxylic acids is 2. The fourth-order valence-electron chi connectivity index (χ4n) is 5.80. The summed E-state index contributed by atoms with van der Waals surface area (Å²) in [5.74, 6) is -1.16. The minimum Gasteiger partial charge on any atom is -0.469 e. The summed E-state index contributed by atoms with van der Waals surface area (Å²) < 4.78 is 22.4. The molecule has 1 N–H and O–H groups in total. The lowest BCUT2D eigenvalue weighted by Gasteiger charge is -2.30. The molecule has 212 valence electrons. The first kappa shape index (κ1) is 28.2. The molecule has 3 aromatic heterocycles. The van der Waals surface area contributed by atoms with Gasteiger partial charge in [0.05, 0.1) is 46.6 Å². The lowest BCUT2D eigenvalue weighted by atomic mass is 9.77. The maximum absolute atomic E-state index is 14.2. The molecule has 0 radical (unpaired) electrons. The largest absolute Gasteiger partial charge is 0.469 e. The third-order valence-corrected chi connectivity index (χ3v) is 8.03. The van der Waals surface area contributed by atoms with Crippen LogP contribution < -0.4 is 0 Å². The highest BCUT2D eigenvalue weighted by molar-refractivity contribution is 6.30. The van der Waals surface area contributed by atoms with Crippen molar-refractivity contribution < 1.29 is 23.8 Å². The maximum Gasteiger partial charge on any atom is 0.308 e. The summed E-state index contributed by atoms with van der Waals surface area (Å²) in [6.07, 6.45) is 4.25. The van der Waals surface area contributed by atoms with E-state index in [9.17, 15) is 19.1 Å². The zero-order valence-corrected chi connectivity index (χ0v) is 24.3. The highest BCUT2D eigenvalue weighted by Gasteiger charge is 2.37. The molecule has 3 heterocycles. The molecular formula is C30H34ClFN4O4. The Morgan fingerprint density at radius 3 is 2.35 bits per heavy atom. The molecule has 8 nitrogen and oxygen atoms in total. The minimum atomic E-state index is -1.32. The van der Waals surface area contributed by atoms with Gasteiger partial charge >= 0.3 is 5.97 Å². The second kappa shape index (κ2) is 9.96. The van der Waals surface area contributed by atoms with E-state index in [2.05, 4.69) is 5.10 Å². The zero-order chi connectivity index (χ0) is 29.1. The van der Waals surface area contributed by atoms with Crippen molar-refractivity contribution in [3.05, 3.63) is 52.6 Å². The average Bonchev–Trinajstić information content (AvgIpc) is 3.46. The van der Waals surface area contributed by atoms with Crippen LogP contribution in [0.2, 0.25) is 5.02 Å². The fraction of sp³-hybridized carbons (Fsp3) is 0.467. The van der Waals surface area contributed by atoms with Crippen LogP contribution in [-0.2, 0) is 15.1 Å². The van der Waals surface area contributed by atoms with E-state index in [1.807, 2.05) is 31.4 Å². The number of carbonyl (C=O) groups is 2. The van der Waals surface area contributed by atoms with Crippen LogP contribution in [0.15, 0.2) is 30.5 Å². The Bertz CT molecular complexity index is 1640. The molecule has 1 aromatic carbocycles. The Morgan fingerprint density at radius 2 is 1.77 bits per heavy atom. The van der Waals surface area contributed by atoms with Crippen LogP contribution in [0.25, 0.3) is 27.8 Å². The molecule has 0 atom stereocenters. The van der Waals surface area contributed by atoms with Gasteiger partial charge in [0, 0.05) is 22.1 Å². The van der Waals surface area contributed by atoms with Crippen LogP contribution in [0.1, 0.15) is 82.3 Å². The van der Waals surface area contributed by atoms with Gasteiger partial charge in [-0.25, -0.2) is 9.37 Å². The summed E-state index contributed by atoms with van der Waals surface area (Å²) in [7, 11) is 1.40. The molecule has 0 aliphatic heterocycles. The monoisotopic (exact) mass is 568 g/mol. The quantitative estimate of drug-likeness (QED) is 0.281. The Balaban J connectivity index is 1.82. The standard InChI is InChI=1S/C30H34ClFN4O4/c1-29(2,3)28(38)36-26-18(15-33-36)13-22-24(34-26)23(16-7-9-17(10-8-16)27(37)40-6)25(30(4,5)39)35(22)19-11-12-21(32)20(31)14-19/h11-17,39H,7-10H2,1-6H3/t16-,17-. The number of halogens is 2. The van der Waals surface area contributed by atoms with Crippen LogP contribution in [0.3, 0.4) is 0 Å². The Labute approximate surface area is 237 Å². The number of methoxy groups -OCH3 is 1. The van der Waals surface area contributed by atoms with Gasteiger partial charge in [0.15, 0.2) is 5.65 Å². The summed E-state index contributed by atoms with van der Waals surface area (Å²) in [6.45, 7) is 8.89. The number of hydrogen-bond donors (Lipinski definition) is 1. The number of hydrogen-bond acceptors (Lipinski definition) is 6. The molecule has 1 aliphatic rings. The summed E-state index contributed by atoms with van der Waals surface area (Å²) in [6, 6.07) is 6.34. The van der Waals surface area contributed by atoms with Crippen molar-refractivity contribution in [2.24, 2.45) is 11.3 Å². The fourth-order valence-corrected chi connectivity index (χ4v) is 5.98. The van der Waals surface area contributed by atoms with E-state index in [1.165, 1.54) is 23.9 Å². The van der Waals surface area contributed by atoms with Crippen molar-refractivity contribution in [3.8, 4) is 5.69 Å². The smallest absolute Gasteiger partial charge is 0.308 e. The second-order valence-corrected chi connectivity index (χ2v) is 12.6. The lowest BCUT2D eigenvalue weighted by molar-refractivity contribution is -0.146. The molecule has 0 unspecified atom stereocenters. The molecule has 40 heavy (non-hydrogen) atoms. The number of rotatable bonds is 4. The number of aliphatic hydroxyl groups is 1. The van der Waals surface area contributed by atoms with Gasteiger partial charge < -0.3 is 14.4 Å². The van der Waals surface area contributed by atoms with Crippen molar-refractivity contribution >= 4 is 45.5 Å². The van der Waals surface area contributed by atoms with Crippen LogP contribution >= 0.6 is 11.6 Å². The van der Waals surface area contributed by atoms with Gasteiger partial charge in [-0.3, -0.25) is 9.59 Å². The van der Waals surface area contributed by atoms with E-state index in [4.69, 9.17) is 21.3 Å². The van der Waals surface area contributed by atoms with Gasteiger partial charge in [-0.05, 0) is 69.7 Å². The molecule has 0 bridgehead atoms. The minimum absolute atomic E-state index is 0.0263. The molecule has 0 spiro atoms. The van der Waals surface area contributed by atoms with Crippen LogP contribution in [0, 0.1) is 17.2 Å². The van der Waals surface area contributed by atoms with Crippen molar-refractivity contribution in [1.29, 1.82) is 0 Å². The summed E-state index contributed by atoms with van der Waals surface area (Å²) in [5, 5.41) is 16.6. The highest BCUT2D eigenvalue weighted by atomic mass is 35.5. The van der Waals surface area contributed by atoms with Gasteiger partial charge in [0.1, 0.15) is 5.82 Å². The predicted molar refractivity (Wildman–Crippen MR) is 151 cm³/mol. The van der Waals surface area contributed by atoms with E-state index in [-0.39, 0.29) is 28.7 Å². The molecule has 1 aliphatic carbocycles. The molecule has 4 aromatic rings. The van der Waals surface area contributed by atoms with Gasteiger partial charge in [0.25, 0.3) is 5.91 Å². The van der Waals surface area contributed by atoms with E-state index < -0.39 is 16.8 Å². The van der Waals surface area contributed by atoms with E-state index in [0.717, 1.165) is 5.56 Å². The van der Waals surface area contributed by atoms with Crippen molar-refractivity contribution in [2.75, 3.05) is 7.11 Å². The summed E-state index contributed by atoms with van der Waals surface area (Å²) in [5.41, 5.74) is 1.73. The Morgan fingerprint density at radius 1 is 1.10 bits per heavy atom. The van der Waals surface area contributed by atoms with E-state index in [0.29, 0.717) is 59.1 Å². The van der Waals surface area contributed by atoms with Crippen molar-refractivity contribution in [1.82, 2.24) is 19.3 Å². The van der Waals surface area contributed by atoms with Gasteiger partial charge in [-0.2, -0.15) is 9.78 Å². The number of ether oxygens (including phenoxy) is 1. The van der Waals surface area contributed by atoms with E-state index >= 15 is 0 Å². The van der Waals surface area contributed by atoms with Gasteiger partial charge in [-0.1, -0.05) is 32.4 Å². The molecule has 5 rings (SSSR count). The maximum atomic E-state index is 14.2. The summed E-state index contributed by atoms with van der Waals surface area (Å²) >= 11 is 6.21. The normalized spacial score (nSPS) is 18.4. The number of pyridine rings is 1. The molecule has 0 amide bonds. The number of nitrogens with zero attached hydrogens (tertiary/aromatic N) is 4. The van der Waals surface area contributed by atoms with Crippen LogP contribution in [0.4, 0.5) is 4.39 Å². The van der Waals surface area contributed by atoms with E-state index in [1.54, 1.807) is 26.1 Å². The first-order chi connectivity index (χ1) is 18.7. The zero-order valence-electron chi connectivity index (χ0n) is 23.6. The number of esters is 1. The molecule has 1 saturated carbocycles. The predicted octanol–water partition coefficient (Wildman–Crippen LogP) is 6.53. The Hall–Kier alpha value is -3.30. The average molecular weight is 569 g/mol. The second-order valence-electron chi connectivity index (χ2n) is 12.2. The van der Waals surface area contributed by atoms with Gasteiger partial charge in [0.2, 0.25) is 0 Å². The highest BCUT2D eigenvalue weighted by Crippen LogP contribution is 2.46. The van der Waals surface area contributed by atoms with Crippen LogP contribution in [0.5, 0.6) is 0 Å². The number of aromatic nitrogens is 4.